The second-order valence-electron chi connectivity index (χ2n) is 6.14. The molecule has 0 bridgehead atoms. The van der Waals surface area contributed by atoms with Gasteiger partial charge in [0.15, 0.2) is 0 Å². The van der Waals surface area contributed by atoms with E-state index in [0.29, 0.717) is 24.0 Å². The van der Waals surface area contributed by atoms with Gasteiger partial charge in [-0.25, -0.2) is 9.97 Å². The molecular formula is C16H19N5O. The second kappa shape index (κ2) is 5.19. The Morgan fingerprint density at radius 2 is 2.23 bits per heavy atom. The quantitative estimate of drug-likeness (QED) is 0.928. The summed E-state index contributed by atoms with van der Waals surface area (Å²) in [5.41, 5.74) is 4.12. The molecule has 1 amide bonds. The standard InChI is InChI=1S/C16H19N5O/c1-21-15(12(8-19-21)10-5-6-10)16(22)18-9-14-17-7-11-3-2-4-13(11)20-14/h7-8,10H,2-6,9H2,1H3,(H,18,22). The van der Waals surface area contributed by atoms with Crippen molar-refractivity contribution in [1.82, 2.24) is 25.1 Å². The highest BCUT2D eigenvalue weighted by molar-refractivity contribution is 5.94. The lowest BCUT2D eigenvalue weighted by atomic mass is 10.1. The molecule has 2 heterocycles. The minimum Gasteiger partial charge on any atom is -0.343 e. The maximum absolute atomic E-state index is 12.5. The Balaban J connectivity index is 1.47. The minimum atomic E-state index is -0.0917. The third-order valence-electron chi connectivity index (χ3n) is 4.47. The topological polar surface area (TPSA) is 72.7 Å². The molecule has 4 rings (SSSR count). The van der Waals surface area contributed by atoms with Crippen LogP contribution in [0.2, 0.25) is 0 Å². The van der Waals surface area contributed by atoms with Gasteiger partial charge in [-0.1, -0.05) is 0 Å². The van der Waals surface area contributed by atoms with Gasteiger partial charge < -0.3 is 5.32 Å². The number of aryl methyl sites for hydroxylation is 3. The molecule has 1 saturated carbocycles. The number of rotatable bonds is 4. The van der Waals surface area contributed by atoms with Gasteiger partial charge in [0.1, 0.15) is 11.5 Å². The fourth-order valence-electron chi connectivity index (χ4n) is 3.11. The summed E-state index contributed by atoms with van der Waals surface area (Å²) >= 11 is 0. The zero-order valence-electron chi connectivity index (χ0n) is 12.7. The first-order valence-electron chi connectivity index (χ1n) is 7.86. The number of nitrogens with one attached hydrogen (secondary N) is 1. The molecule has 6 nitrogen and oxygen atoms in total. The molecule has 0 saturated heterocycles. The molecule has 2 aliphatic carbocycles. The Bertz CT molecular complexity index is 732. The smallest absolute Gasteiger partial charge is 0.270 e. The summed E-state index contributed by atoms with van der Waals surface area (Å²) in [7, 11) is 1.81. The van der Waals surface area contributed by atoms with Crippen molar-refractivity contribution in [3.05, 3.63) is 40.7 Å². The zero-order chi connectivity index (χ0) is 15.1. The fourth-order valence-corrected chi connectivity index (χ4v) is 3.11. The Morgan fingerprint density at radius 1 is 1.36 bits per heavy atom. The van der Waals surface area contributed by atoms with Crippen molar-refractivity contribution in [1.29, 1.82) is 0 Å². The van der Waals surface area contributed by atoms with Crippen LogP contribution in [0.25, 0.3) is 0 Å². The van der Waals surface area contributed by atoms with E-state index in [0.717, 1.165) is 43.4 Å². The van der Waals surface area contributed by atoms with Crippen molar-refractivity contribution in [2.75, 3.05) is 0 Å². The van der Waals surface area contributed by atoms with Crippen molar-refractivity contribution in [2.45, 2.75) is 44.6 Å². The predicted molar refractivity (Wildman–Crippen MR) is 80.4 cm³/mol. The molecule has 22 heavy (non-hydrogen) atoms. The molecule has 114 valence electrons. The van der Waals surface area contributed by atoms with Crippen LogP contribution in [0.1, 0.15) is 58.3 Å². The maximum atomic E-state index is 12.5. The lowest BCUT2D eigenvalue weighted by Crippen LogP contribution is -2.27. The van der Waals surface area contributed by atoms with Crippen molar-refractivity contribution in [3.8, 4) is 0 Å². The number of nitrogens with zero attached hydrogens (tertiary/aromatic N) is 4. The van der Waals surface area contributed by atoms with Crippen LogP contribution in [-0.4, -0.2) is 25.7 Å². The molecule has 0 aromatic carbocycles. The van der Waals surface area contributed by atoms with E-state index in [4.69, 9.17) is 0 Å². The van der Waals surface area contributed by atoms with Crippen molar-refractivity contribution in [3.63, 3.8) is 0 Å². The fraction of sp³-hybridized carbons (Fsp3) is 0.500. The number of amides is 1. The third-order valence-corrected chi connectivity index (χ3v) is 4.47. The van der Waals surface area contributed by atoms with E-state index in [2.05, 4.69) is 20.4 Å². The zero-order valence-corrected chi connectivity index (χ0v) is 12.7. The Kier molecular flexibility index (Phi) is 3.17. The lowest BCUT2D eigenvalue weighted by molar-refractivity contribution is 0.0939. The first-order chi connectivity index (χ1) is 10.7. The molecule has 2 aliphatic rings. The van der Waals surface area contributed by atoms with E-state index in [1.165, 1.54) is 5.56 Å². The average molecular weight is 297 g/mol. The Hall–Kier alpha value is -2.24. The number of hydrogen-bond acceptors (Lipinski definition) is 4. The van der Waals surface area contributed by atoms with E-state index in [1.54, 1.807) is 4.68 Å². The SMILES string of the molecule is Cn1ncc(C2CC2)c1C(=O)NCc1ncc2c(n1)CCC2. The summed E-state index contributed by atoms with van der Waals surface area (Å²) in [5.74, 6) is 1.10. The number of fused-ring (bicyclic) bond motifs is 1. The molecule has 1 fully saturated rings. The summed E-state index contributed by atoms with van der Waals surface area (Å²) in [6, 6.07) is 0. The van der Waals surface area contributed by atoms with E-state index in [-0.39, 0.29) is 5.91 Å². The number of carbonyl (C=O) groups is 1. The molecule has 0 unspecified atom stereocenters. The predicted octanol–water partition coefficient (Wildman–Crippen LogP) is 1.51. The van der Waals surface area contributed by atoms with Crippen LogP contribution >= 0.6 is 0 Å². The van der Waals surface area contributed by atoms with Gasteiger partial charge in [0, 0.05) is 24.5 Å². The molecule has 6 heteroatoms. The third kappa shape index (κ3) is 2.38. The van der Waals surface area contributed by atoms with Crippen LogP contribution in [0.3, 0.4) is 0 Å². The van der Waals surface area contributed by atoms with Gasteiger partial charge in [0.2, 0.25) is 0 Å². The minimum absolute atomic E-state index is 0.0917. The summed E-state index contributed by atoms with van der Waals surface area (Å²) in [6.07, 6.45) is 9.27. The van der Waals surface area contributed by atoms with Gasteiger partial charge in [0.25, 0.3) is 5.91 Å². The maximum Gasteiger partial charge on any atom is 0.270 e. The monoisotopic (exact) mass is 297 g/mol. The molecule has 0 spiro atoms. The molecule has 2 aromatic rings. The normalized spacial score (nSPS) is 16.6. The molecular weight excluding hydrogens is 278 g/mol. The van der Waals surface area contributed by atoms with E-state index < -0.39 is 0 Å². The molecule has 0 aliphatic heterocycles. The van der Waals surface area contributed by atoms with Gasteiger partial charge in [-0.05, 0) is 43.6 Å². The molecule has 2 aromatic heterocycles. The van der Waals surface area contributed by atoms with Crippen LogP contribution < -0.4 is 5.32 Å². The van der Waals surface area contributed by atoms with Crippen LogP contribution in [0.5, 0.6) is 0 Å². The Labute approximate surface area is 129 Å². The van der Waals surface area contributed by atoms with Gasteiger partial charge in [-0.3, -0.25) is 9.48 Å². The van der Waals surface area contributed by atoms with E-state index in [1.807, 2.05) is 19.4 Å². The summed E-state index contributed by atoms with van der Waals surface area (Å²) < 4.78 is 1.66. The highest BCUT2D eigenvalue weighted by atomic mass is 16.2. The van der Waals surface area contributed by atoms with E-state index >= 15 is 0 Å². The second-order valence-corrected chi connectivity index (χ2v) is 6.14. The van der Waals surface area contributed by atoms with Crippen molar-refractivity contribution < 1.29 is 4.79 Å². The number of hydrogen-bond donors (Lipinski definition) is 1. The van der Waals surface area contributed by atoms with Crippen LogP contribution in [0.4, 0.5) is 0 Å². The summed E-state index contributed by atoms with van der Waals surface area (Å²) in [5, 5.41) is 7.16. The molecule has 1 N–H and O–H groups in total. The molecule has 0 radical (unpaired) electrons. The van der Waals surface area contributed by atoms with Crippen LogP contribution in [0, 0.1) is 0 Å². The summed E-state index contributed by atoms with van der Waals surface area (Å²) in [4.78, 5) is 21.4. The Morgan fingerprint density at radius 3 is 3.05 bits per heavy atom. The van der Waals surface area contributed by atoms with Gasteiger partial charge in [-0.15, -0.1) is 0 Å². The highest BCUT2D eigenvalue weighted by Gasteiger charge is 2.30. The molecule has 0 atom stereocenters. The number of aromatic nitrogens is 4. The number of carbonyl (C=O) groups excluding carboxylic acids is 1. The van der Waals surface area contributed by atoms with Crippen molar-refractivity contribution in [2.24, 2.45) is 7.05 Å². The van der Waals surface area contributed by atoms with Gasteiger partial charge in [0.05, 0.1) is 12.7 Å². The highest BCUT2D eigenvalue weighted by Crippen LogP contribution is 2.41. The first-order valence-corrected chi connectivity index (χ1v) is 7.86. The van der Waals surface area contributed by atoms with Gasteiger partial charge in [-0.2, -0.15) is 5.10 Å². The van der Waals surface area contributed by atoms with Crippen molar-refractivity contribution >= 4 is 5.91 Å². The van der Waals surface area contributed by atoms with E-state index in [9.17, 15) is 4.79 Å². The van der Waals surface area contributed by atoms with Crippen LogP contribution in [-0.2, 0) is 26.4 Å². The average Bonchev–Trinajstić information content (AvgIpc) is 3.13. The largest absolute Gasteiger partial charge is 0.343 e. The van der Waals surface area contributed by atoms with Gasteiger partial charge >= 0.3 is 0 Å². The lowest BCUT2D eigenvalue weighted by Gasteiger charge is -2.08. The van der Waals surface area contributed by atoms with Crippen LogP contribution in [0.15, 0.2) is 12.4 Å². The first kappa shape index (κ1) is 13.4. The summed E-state index contributed by atoms with van der Waals surface area (Å²) in [6.45, 7) is 0.363.